The number of anilines is 1. The Kier molecular flexibility index (Phi) is 6.98. The highest BCUT2D eigenvalue weighted by atomic mass is 16.5. The summed E-state index contributed by atoms with van der Waals surface area (Å²) in [5.74, 6) is -0.0910. The van der Waals surface area contributed by atoms with E-state index in [0.29, 0.717) is 24.5 Å². The van der Waals surface area contributed by atoms with Gasteiger partial charge < -0.3 is 9.47 Å². The van der Waals surface area contributed by atoms with Crippen LogP contribution in [0.3, 0.4) is 0 Å². The molecule has 0 unspecified atom stereocenters. The molecule has 0 bridgehead atoms. The minimum Gasteiger partial charge on any atom is -0.494 e. The molecular weight excluding hydrogens is 408 g/mol. The molecule has 32 heavy (non-hydrogen) atoms. The fraction of sp³-hybridized carbons (Fsp3) is 0.320. The monoisotopic (exact) mass is 436 g/mol. The van der Waals surface area contributed by atoms with E-state index in [2.05, 4.69) is 5.32 Å². The molecule has 0 aromatic heterocycles. The predicted molar refractivity (Wildman–Crippen MR) is 123 cm³/mol. The lowest BCUT2D eigenvalue weighted by molar-refractivity contribution is -0.122. The molecule has 1 aliphatic rings. The Bertz CT molecular complexity index is 1090. The number of hydrogen-bond acceptors (Lipinski definition) is 5. The van der Waals surface area contributed by atoms with Crippen molar-refractivity contribution in [2.24, 2.45) is 0 Å². The molecule has 3 rings (SSSR count). The molecule has 1 N–H and O–H groups in total. The summed E-state index contributed by atoms with van der Waals surface area (Å²) >= 11 is 0. The van der Waals surface area contributed by atoms with Crippen LogP contribution in [0.5, 0.6) is 11.5 Å². The molecule has 0 radical (unpaired) electrons. The van der Waals surface area contributed by atoms with E-state index in [1.165, 1.54) is 6.08 Å². The minimum atomic E-state index is -0.810. The van der Waals surface area contributed by atoms with Gasteiger partial charge in [-0.25, -0.2) is 9.69 Å². The summed E-state index contributed by atoms with van der Waals surface area (Å²) in [5, 5.41) is 2.27. The van der Waals surface area contributed by atoms with Crippen LogP contribution in [0.15, 0.2) is 42.0 Å². The van der Waals surface area contributed by atoms with Crippen molar-refractivity contribution >= 4 is 29.6 Å². The number of amides is 4. The van der Waals surface area contributed by atoms with Crippen LogP contribution in [0.2, 0.25) is 0 Å². The number of nitrogens with zero attached hydrogens (tertiary/aromatic N) is 1. The second-order valence-corrected chi connectivity index (χ2v) is 7.69. The van der Waals surface area contributed by atoms with E-state index in [-0.39, 0.29) is 17.2 Å². The van der Waals surface area contributed by atoms with Gasteiger partial charge in [-0.2, -0.15) is 0 Å². The van der Waals surface area contributed by atoms with E-state index in [0.717, 1.165) is 21.8 Å². The van der Waals surface area contributed by atoms with E-state index in [1.54, 1.807) is 24.3 Å². The smallest absolute Gasteiger partial charge is 0.336 e. The zero-order valence-corrected chi connectivity index (χ0v) is 19.0. The van der Waals surface area contributed by atoms with Crippen molar-refractivity contribution in [2.75, 3.05) is 18.1 Å². The molecule has 2 aromatic rings. The van der Waals surface area contributed by atoms with Crippen LogP contribution in [0.1, 0.15) is 50.3 Å². The van der Waals surface area contributed by atoms with Gasteiger partial charge in [-0.1, -0.05) is 26.0 Å². The van der Waals surface area contributed by atoms with Crippen LogP contribution in [-0.2, 0) is 9.59 Å². The van der Waals surface area contributed by atoms with Crippen LogP contribution in [0.4, 0.5) is 10.5 Å². The van der Waals surface area contributed by atoms with Crippen molar-refractivity contribution < 1.29 is 23.9 Å². The number of aryl methyl sites for hydroxylation is 1. The van der Waals surface area contributed by atoms with Gasteiger partial charge in [0, 0.05) is 0 Å². The van der Waals surface area contributed by atoms with Crippen LogP contribution in [0.25, 0.3) is 6.08 Å². The molecule has 1 aliphatic heterocycles. The third-order valence-electron chi connectivity index (χ3n) is 5.13. The fourth-order valence-corrected chi connectivity index (χ4v) is 3.55. The SMILES string of the molecule is CCOc1cc(C)c(/C=C2\C(=O)NC(=O)N(c3ccccc3OCC)C2=O)cc1C(C)C. The molecule has 4 amide bonds. The van der Waals surface area contributed by atoms with Gasteiger partial charge in [0.05, 0.1) is 18.9 Å². The maximum absolute atomic E-state index is 13.3. The average Bonchev–Trinajstić information content (AvgIpc) is 2.73. The lowest BCUT2D eigenvalue weighted by atomic mass is 9.95. The predicted octanol–water partition coefficient (Wildman–Crippen LogP) is 4.58. The highest BCUT2D eigenvalue weighted by molar-refractivity contribution is 6.39. The molecule has 2 aromatic carbocycles. The number of hydrogen-bond donors (Lipinski definition) is 1. The Morgan fingerprint density at radius 3 is 2.31 bits per heavy atom. The number of carbonyl (C=O) groups excluding carboxylic acids is 3. The van der Waals surface area contributed by atoms with E-state index < -0.39 is 17.8 Å². The molecule has 1 heterocycles. The quantitative estimate of drug-likeness (QED) is 0.507. The van der Waals surface area contributed by atoms with Gasteiger partial charge >= 0.3 is 6.03 Å². The number of barbiturate groups is 1. The molecule has 1 fully saturated rings. The second kappa shape index (κ2) is 9.68. The minimum absolute atomic E-state index is 0.127. The maximum Gasteiger partial charge on any atom is 0.336 e. The molecule has 0 atom stereocenters. The van der Waals surface area contributed by atoms with Gasteiger partial charge in [-0.05, 0) is 73.7 Å². The van der Waals surface area contributed by atoms with Crippen LogP contribution < -0.4 is 19.7 Å². The summed E-state index contributed by atoms with van der Waals surface area (Å²) in [6, 6.07) is 9.75. The van der Waals surface area contributed by atoms with Gasteiger partial charge in [-0.15, -0.1) is 0 Å². The van der Waals surface area contributed by atoms with Gasteiger partial charge in [0.2, 0.25) is 0 Å². The zero-order chi connectivity index (χ0) is 23.4. The van der Waals surface area contributed by atoms with Crippen LogP contribution in [0, 0.1) is 6.92 Å². The van der Waals surface area contributed by atoms with Crippen LogP contribution in [-0.4, -0.2) is 31.1 Å². The molecule has 1 saturated heterocycles. The number of urea groups is 1. The van der Waals surface area contributed by atoms with E-state index in [9.17, 15) is 14.4 Å². The Labute approximate surface area is 188 Å². The third kappa shape index (κ3) is 4.51. The molecule has 168 valence electrons. The van der Waals surface area contributed by atoms with Crippen molar-refractivity contribution in [3.05, 3.63) is 58.7 Å². The molecule has 7 heteroatoms. The number of para-hydroxylation sites is 2. The standard InChI is InChI=1S/C25H28N2O5/c1-6-31-21-11-9-8-10-20(21)27-24(29)19(23(28)26-25(27)30)14-17-13-18(15(3)4)22(32-7-2)12-16(17)5/h8-15H,6-7H2,1-5H3,(H,26,28,30)/b19-14+. The lowest BCUT2D eigenvalue weighted by Crippen LogP contribution is -2.54. The Morgan fingerprint density at radius 1 is 1.00 bits per heavy atom. The Morgan fingerprint density at radius 2 is 1.66 bits per heavy atom. The Balaban J connectivity index is 2.08. The number of benzene rings is 2. The first-order valence-electron chi connectivity index (χ1n) is 10.7. The molecule has 0 aliphatic carbocycles. The van der Waals surface area contributed by atoms with Crippen molar-refractivity contribution in [3.63, 3.8) is 0 Å². The number of rotatable bonds is 7. The first kappa shape index (κ1) is 23.1. The summed E-state index contributed by atoms with van der Waals surface area (Å²) in [7, 11) is 0. The van der Waals surface area contributed by atoms with Gasteiger partial charge in [-0.3, -0.25) is 14.9 Å². The topological polar surface area (TPSA) is 84.9 Å². The van der Waals surface area contributed by atoms with Crippen molar-refractivity contribution in [1.29, 1.82) is 0 Å². The molecular formula is C25H28N2O5. The largest absolute Gasteiger partial charge is 0.494 e. The number of nitrogens with one attached hydrogen (secondary N) is 1. The van der Waals surface area contributed by atoms with Gasteiger partial charge in [0.15, 0.2) is 0 Å². The molecule has 0 spiro atoms. The summed E-state index contributed by atoms with van der Waals surface area (Å²) in [5.41, 5.74) is 2.69. The van der Waals surface area contributed by atoms with Gasteiger partial charge in [0.1, 0.15) is 17.1 Å². The molecule has 7 nitrogen and oxygen atoms in total. The van der Waals surface area contributed by atoms with E-state index in [1.807, 2.05) is 46.8 Å². The maximum atomic E-state index is 13.3. The van der Waals surface area contributed by atoms with Gasteiger partial charge in [0.25, 0.3) is 11.8 Å². The summed E-state index contributed by atoms with van der Waals surface area (Å²) < 4.78 is 11.3. The summed E-state index contributed by atoms with van der Waals surface area (Å²) in [6.07, 6.45) is 1.53. The highest BCUT2D eigenvalue weighted by Gasteiger charge is 2.38. The highest BCUT2D eigenvalue weighted by Crippen LogP contribution is 2.33. The average molecular weight is 437 g/mol. The normalized spacial score (nSPS) is 15.4. The number of carbonyl (C=O) groups is 3. The summed E-state index contributed by atoms with van der Waals surface area (Å²) in [6.45, 7) is 10.6. The third-order valence-corrected chi connectivity index (χ3v) is 5.13. The van der Waals surface area contributed by atoms with Crippen molar-refractivity contribution in [3.8, 4) is 11.5 Å². The number of imide groups is 2. The van der Waals surface area contributed by atoms with E-state index in [4.69, 9.17) is 9.47 Å². The van der Waals surface area contributed by atoms with Crippen molar-refractivity contribution in [1.82, 2.24) is 5.32 Å². The summed E-state index contributed by atoms with van der Waals surface area (Å²) in [4.78, 5) is 39.4. The van der Waals surface area contributed by atoms with Crippen LogP contribution >= 0.6 is 0 Å². The number of ether oxygens (including phenoxy) is 2. The first-order chi connectivity index (χ1) is 15.3. The van der Waals surface area contributed by atoms with E-state index >= 15 is 0 Å². The zero-order valence-electron chi connectivity index (χ0n) is 19.0. The fourth-order valence-electron chi connectivity index (χ4n) is 3.55. The second-order valence-electron chi connectivity index (χ2n) is 7.69. The molecule has 0 saturated carbocycles. The first-order valence-corrected chi connectivity index (χ1v) is 10.7. The lowest BCUT2D eigenvalue weighted by Gasteiger charge is -2.27. The van der Waals surface area contributed by atoms with Crippen molar-refractivity contribution in [2.45, 2.75) is 40.5 Å². The Hall–Kier alpha value is -3.61.